The van der Waals surface area contributed by atoms with Gasteiger partial charge in [0.25, 0.3) is 0 Å². The first-order valence-electron chi connectivity index (χ1n) is 9.10. The summed E-state index contributed by atoms with van der Waals surface area (Å²) in [5.41, 5.74) is 0. The fourth-order valence-corrected chi connectivity index (χ4v) is 2.67. The van der Waals surface area contributed by atoms with E-state index in [1.807, 2.05) is 0 Å². The molecule has 0 spiro atoms. The zero-order valence-corrected chi connectivity index (χ0v) is 13.9. The predicted molar refractivity (Wildman–Crippen MR) is 86.6 cm³/mol. The molecule has 0 saturated carbocycles. The zero-order chi connectivity index (χ0) is 15.9. The van der Waals surface area contributed by atoms with E-state index in [0.29, 0.717) is 26.1 Å². The van der Waals surface area contributed by atoms with Crippen LogP contribution in [-0.4, -0.2) is 25.2 Å². The van der Waals surface area contributed by atoms with Crippen molar-refractivity contribution in [1.29, 1.82) is 0 Å². The van der Waals surface area contributed by atoms with Crippen molar-refractivity contribution in [3.63, 3.8) is 0 Å². The van der Waals surface area contributed by atoms with E-state index >= 15 is 0 Å². The monoisotopic (exact) mass is 312 g/mol. The minimum atomic E-state index is -0.0404. The van der Waals surface area contributed by atoms with Crippen LogP contribution in [0.25, 0.3) is 0 Å². The Kier molecular flexibility index (Phi) is 11.7. The second-order valence-electron chi connectivity index (χ2n) is 6.18. The number of hydrogen-bond acceptors (Lipinski definition) is 4. The van der Waals surface area contributed by atoms with Crippen LogP contribution in [0.3, 0.4) is 0 Å². The molecule has 4 heteroatoms. The van der Waals surface area contributed by atoms with E-state index in [4.69, 9.17) is 9.47 Å². The number of ether oxygens (including phenoxy) is 2. The Labute approximate surface area is 134 Å². The van der Waals surface area contributed by atoms with Crippen LogP contribution < -0.4 is 0 Å². The molecule has 0 radical (unpaired) electrons. The van der Waals surface area contributed by atoms with Gasteiger partial charge in [-0.1, -0.05) is 51.4 Å². The normalized spacial score (nSPS) is 22.4. The van der Waals surface area contributed by atoms with Crippen LogP contribution in [0.2, 0.25) is 0 Å². The largest absolute Gasteiger partial charge is 0.466 e. The van der Waals surface area contributed by atoms with E-state index in [2.05, 4.69) is 0 Å². The molecule has 1 rings (SSSR count). The topological polar surface area (TPSA) is 52.6 Å². The molecule has 1 aliphatic rings. The molecule has 0 aromatic heterocycles. The molecule has 1 aliphatic heterocycles. The number of rotatable bonds is 0. The van der Waals surface area contributed by atoms with Crippen LogP contribution in [0.4, 0.5) is 0 Å². The number of carbonyl (C=O) groups is 2. The Morgan fingerprint density at radius 3 is 1.18 bits per heavy atom. The van der Waals surface area contributed by atoms with Gasteiger partial charge in [0.1, 0.15) is 0 Å². The van der Waals surface area contributed by atoms with E-state index in [1.165, 1.54) is 0 Å². The first-order valence-corrected chi connectivity index (χ1v) is 9.10. The first-order chi connectivity index (χ1) is 10.8. The molecule has 0 atom stereocenters. The highest BCUT2D eigenvalue weighted by molar-refractivity contribution is 5.69. The van der Waals surface area contributed by atoms with Crippen LogP contribution in [0.15, 0.2) is 0 Å². The summed E-state index contributed by atoms with van der Waals surface area (Å²) in [5, 5.41) is 0. The van der Waals surface area contributed by atoms with Crippen LogP contribution in [-0.2, 0) is 19.1 Å². The van der Waals surface area contributed by atoms with Gasteiger partial charge in [-0.2, -0.15) is 0 Å². The lowest BCUT2D eigenvalue weighted by Gasteiger charge is -2.07. The van der Waals surface area contributed by atoms with Crippen LogP contribution in [0, 0.1) is 0 Å². The fourth-order valence-electron chi connectivity index (χ4n) is 2.67. The maximum Gasteiger partial charge on any atom is 0.305 e. The minimum absolute atomic E-state index is 0.0404. The summed E-state index contributed by atoms with van der Waals surface area (Å²) in [6, 6.07) is 0. The molecule has 22 heavy (non-hydrogen) atoms. The van der Waals surface area contributed by atoms with Crippen molar-refractivity contribution in [2.24, 2.45) is 0 Å². The maximum atomic E-state index is 11.5. The lowest BCUT2D eigenvalue weighted by molar-refractivity contribution is -0.144. The average molecular weight is 312 g/mol. The maximum absolute atomic E-state index is 11.5. The zero-order valence-electron chi connectivity index (χ0n) is 13.9. The Morgan fingerprint density at radius 1 is 0.455 bits per heavy atom. The van der Waals surface area contributed by atoms with Crippen molar-refractivity contribution >= 4 is 11.9 Å². The lowest BCUT2D eigenvalue weighted by atomic mass is 10.1. The molecule has 0 bridgehead atoms. The highest BCUT2D eigenvalue weighted by atomic mass is 16.5. The van der Waals surface area contributed by atoms with Crippen molar-refractivity contribution in [3.05, 3.63) is 0 Å². The smallest absolute Gasteiger partial charge is 0.305 e. The second kappa shape index (κ2) is 13.6. The van der Waals surface area contributed by atoms with Gasteiger partial charge in [0.15, 0.2) is 0 Å². The summed E-state index contributed by atoms with van der Waals surface area (Å²) in [6.45, 7) is 1.12. The molecule has 4 nitrogen and oxygen atoms in total. The minimum Gasteiger partial charge on any atom is -0.466 e. The third-order valence-corrected chi connectivity index (χ3v) is 4.08. The molecule has 0 aliphatic carbocycles. The number of hydrogen-bond donors (Lipinski definition) is 0. The van der Waals surface area contributed by atoms with Gasteiger partial charge < -0.3 is 9.47 Å². The molecule has 0 aromatic carbocycles. The molecule has 1 saturated heterocycles. The van der Waals surface area contributed by atoms with Crippen molar-refractivity contribution in [2.75, 3.05) is 13.2 Å². The number of carbonyl (C=O) groups excluding carboxylic acids is 2. The van der Waals surface area contributed by atoms with E-state index in [9.17, 15) is 9.59 Å². The van der Waals surface area contributed by atoms with Gasteiger partial charge in [0, 0.05) is 12.8 Å². The van der Waals surface area contributed by atoms with Crippen molar-refractivity contribution in [1.82, 2.24) is 0 Å². The quantitative estimate of drug-likeness (QED) is 0.616. The second-order valence-corrected chi connectivity index (χ2v) is 6.18. The molecule has 0 N–H and O–H groups in total. The third kappa shape index (κ3) is 11.6. The molecule has 1 fully saturated rings. The summed E-state index contributed by atoms with van der Waals surface area (Å²) in [4.78, 5) is 23.0. The van der Waals surface area contributed by atoms with Gasteiger partial charge in [-0.3, -0.25) is 9.59 Å². The standard InChI is InChI=1S/C18H32O4/c19-17-13-9-5-1-3-7-11-15-21-18(20)14-10-6-2-4-8-12-16-22-17/h1-16H2. The van der Waals surface area contributed by atoms with Gasteiger partial charge in [0.2, 0.25) is 0 Å². The van der Waals surface area contributed by atoms with Crippen LogP contribution >= 0.6 is 0 Å². The fraction of sp³-hybridized carbons (Fsp3) is 0.889. The highest BCUT2D eigenvalue weighted by Crippen LogP contribution is 2.11. The Balaban J connectivity index is 2.17. The molecular formula is C18H32O4. The van der Waals surface area contributed by atoms with Crippen LogP contribution in [0.5, 0.6) is 0 Å². The summed E-state index contributed by atoms with van der Waals surface area (Å²) < 4.78 is 10.5. The summed E-state index contributed by atoms with van der Waals surface area (Å²) in [5.74, 6) is -0.0809. The Morgan fingerprint density at radius 2 is 0.773 bits per heavy atom. The van der Waals surface area contributed by atoms with Crippen molar-refractivity contribution in [2.45, 2.75) is 89.9 Å². The predicted octanol–water partition coefficient (Wildman–Crippen LogP) is 4.55. The summed E-state index contributed by atoms with van der Waals surface area (Å²) in [6.07, 6.45) is 13.8. The highest BCUT2D eigenvalue weighted by Gasteiger charge is 2.04. The third-order valence-electron chi connectivity index (χ3n) is 4.08. The molecule has 1 heterocycles. The Hall–Kier alpha value is -1.06. The molecule has 0 unspecified atom stereocenters. The first kappa shape index (κ1) is 19.0. The average Bonchev–Trinajstić information content (AvgIpc) is 2.50. The van der Waals surface area contributed by atoms with Gasteiger partial charge in [-0.25, -0.2) is 0 Å². The van der Waals surface area contributed by atoms with Gasteiger partial charge >= 0.3 is 11.9 Å². The molecule has 128 valence electrons. The number of esters is 2. The summed E-state index contributed by atoms with van der Waals surface area (Å²) in [7, 11) is 0. The van der Waals surface area contributed by atoms with E-state index in [1.54, 1.807) is 0 Å². The lowest BCUT2D eigenvalue weighted by Crippen LogP contribution is -2.06. The SMILES string of the molecule is O=C1CCCCCCCCOC(=O)CCCCCCCCO1. The Bertz CT molecular complexity index is 247. The van der Waals surface area contributed by atoms with E-state index < -0.39 is 0 Å². The van der Waals surface area contributed by atoms with Crippen molar-refractivity contribution in [3.8, 4) is 0 Å². The van der Waals surface area contributed by atoms with E-state index in [0.717, 1.165) is 77.0 Å². The van der Waals surface area contributed by atoms with Gasteiger partial charge in [-0.05, 0) is 25.7 Å². The van der Waals surface area contributed by atoms with E-state index in [-0.39, 0.29) is 11.9 Å². The summed E-state index contributed by atoms with van der Waals surface area (Å²) >= 11 is 0. The molecule has 0 amide bonds. The van der Waals surface area contributed by atoms with Gasteiger partial charge in [-0.15, -0.1) is 0 Å². The molecule has 0 aromatic rings. The van der Waals surface area contributed by atoms with Crippen molar-refractivity contribution < 1.29 is 19.1 Å². The van der Waals surface area contributed by atoms with Gasteiger partial charge in [0.05, 0.1) is 13.2 Å². The molecular weight excluding hydrogens is 280 g/mol. The number of cyclic esters (lactones) is 2. The van der Waals surface area contributed by atoms with Crippen LogP contribution in [0.1, 0.15) is 89.9 Å².